The van der Waals surface area contributed by atoms with Gasteiger partial charge in [0.05, 0.1) is 0 Å². The van der Waals surface area contributed by atoms with Crippen molar-refractivity contribution < 1.29 is 17.3 Å². The molecule has 2 heteroatoms. The summed E-state index contributed by atoms with van der Waals surface area (Å²) in [5, 5.41) is 0. The van der Waals surface area contributed by atoms with E-state index in [9.17, 15) is 0 Å². The molecule has 0 N–H and O–H groups in total. The first kappa shape index (κ1) is 20.4. The van der Waals surface area contributed by atoms with Gasteiger partial charge in [-0.2, -0.15) is 0 Å². The third-order valence-corrected chi connectivity index (χ3v) is 5.48. The Morgan fingerprint density at radius 1 is 0.550 bits per heavy atom. The maximum atomic E-state index is 4.57. The second-order valence-corrected chi connectivity index (χ2v) is 6.39. The van der Waals surface area contributed by atoms with Crippen LogP contribution in [0, 0.1) is 29.6 Å². The van der Waals surface area contributed by atoms with Gasteiger partial charge in [-0.05, 0) is 55.3 Å². The van der Waals surface area contributed by atoms with Crippen molar-refractivity contribution in [1.29, 1.82) is 0 Å². The summed E-state index contributed by atoms with van der Waals surface area (Å²) in [5.74, 6) is 4.68. The summed E-state index contributed by atoms with van der Waals surface area (Å²) < 4.78 is 0. The summed E-state index contributed by atoms with van der Waals surface area (Å²) >= 11 is 1.82. The summed E-state index contributed by atoms with van der Waals surface area (Å²) in [6.45, 7) is 12.0. The molecule has 119 valence electrons. The van der Waals surface area contributed by atoms with Gasteiger partial charge in [-0.25, -0.2) is 0 Å². The molecule has 0 heterocycles. The van der Waals surface area contributed by atoms with E-state index in [1.807, 2.05) is 17.3 Å². The minimum absolute atomic E-state index is 0.935. The van der Waals surface area contributed by atoms with Crippen LogP contribution < -0.4 is 0 Å². The van der Waals surface area contributed by atoms with Crippen molar-refractivity contribution in [3.05, 3.63) is 24.3 Å². The van der Waals surface area contributed by atoms with E-state index in [0.717, 1.165) is 29.6 Å². The Labute approximate surface area is 141 Å². The third kappa shape index (κ3) is 6.90. The van der Waals surface area contributed by atoms with E-state index < -0.39 is 0 Å². The zero-order valence-corrected chi connectivity index (χ0v) is 16.3. The van der Waals surface area contributed by atoms with Crippen molar-refractivity contribution in [3.8, 4) is 0 Å². The quantitative estimate of drug-likeness (QED) is 0.328. The molecule has 0 aliphatic heterocycles. The van der Waals surface area contributed by atoms with Crippen LogP contribution >= 0.6 is 9.69 Å². The summed E-state index contributed by atoms with van der Waals surface area (Å²) in [6.07, 6.45) is 14.0. The van der Waals surface area contributed by atoms with Crippen molar-refractivity contribution in [2.75, 3.05) is 0 Å². The fraction of sp³-hybridized carbons (Fsp3) is 0.778. The number of hydrogen-bond donors (Lipinski definition) is 0. The van der Waals surface area contributed by atoms with Crippen LogP contribution in [0.1, 0.15) is 60.3 Å². The molecule has 2 aliphatic carbocycles. The van der Waals surface area contributed by atoms with Gasteiger partial charge in [0.2, 0.25) is 0 Å². The molecule has 0 aromatic rings. The van der Waals surface area contributed by atoms with Gasteiger partial charge >= 0.3 is 27.0 Å². The Bertz CT molecular complexity index is 214. The summed E-state index contributed by atoms with van der Waals surface area (Å²) in [5.41, 5.74) is 0. The molecule has 2 rings (SSSR count). The van der Waals surface area contributed by atoms with Crippen molar-refractivity contribution in [2.24, 2.45) is 29.6 Å². The van der Waals surface area contributed by atoms with Gasteiger partial charge in [-0.3, -0.25) is 0 Å². The average Bonchev–Trinajstić information content (AvgIpc) is 2.59. The molecule has 0 aromatic heterocycles. The van der Waals surface area contributed by atoms with E-state index in [-0.39, 0.29) is 0 Å². The molecule has 1 fully saturated rings. The standard InChI is InChI=1S/C10H20.C8H12.ClH.Ru/c1-6-7(2)9(4)10(5)8(6)3;1-2-4-6-8-7-5-3-1;;/h6-10H,1-5H3;1-2,7-8H,3-6H2;1H;/q;;;+1/p-1. The van der Waals surface area contributed by atoms with Crippen LogP contribution in [0.15, 0.2) is 24.3 Å². The van der Waals surface area contributed by atoms with E-state index in [4.69, 9.17) is 0 Å². The second-order valence-electron chi connectivity index (χ2n) is 6.39. The molecular formula is C18H32ClRu. The SMILES string of the molecule is C1=CCCC=CCC1.CC1C(C)C(C)C(C)C1C.[Cl][Ru]. The first-order chi connectivity index (χ1) is 9.55. The molecule has 0 atom stereocenters. The molecule has 20 heavy (non-hydrogen) atoms. The van der Waals surface area contributed by atoms with Gasteiger partial charge in [0.1, 0.15) is 0 Å². The molecule has 0 nitrogen and oxygen atoms in total. The van der Waals surface area contributed by atoms with E-state index in [1.165, 1.54) is 25.7 Å². The molecule has 0 spiro atoms. The van der Waals surface area contributed by atoms with Gasteiger partial charge in [-0.15, -0.1) is 0 Å². The number of hydrogen-bond acceptors (Lipinski definition) is 0. The Morgan fingerprint density at radius 3 is 0.850 bits per heavy atom. The van der Waals surface area contributed by atoms with E-state index in [0.29, 0.717) is 0 Å². The topological polar surface area (TPSA) is 0 Å². The van der Waals surface area contributed by atoms with E-state index >= 15 is 0 Å². The van der Waals surface area contributed by atoms with Crippen molar-refractivity contribution in [2.45, 2.75) is 60.3 Å². The Balaban J connectivity index is 0.000000327. The van der Waals surface area contributed by atoms with Crippen LogP contribution in [0.2, 0.25) is 0 Å². The zero-order chi connectivity index (χ0) is 15.5. The molecule has 1 saturated carbocycles. The Kier molecular flexibility index (Phi) is 12.2. The molecule has 0 saturated heterocycles. The zero-order valence-electron chi connectivity index (χ0n) is 13.8. The fourth-order valence-corrected chi connectivity index (χ4v) is 3.25. The summed E-state index contributed by atoms with van der Waals surface area (Å²) in [6, 6.07) is 0. The van der Waals surface area contributed by atoms with Crippen LogP contribution in [0.4, 0.5) is 0 Å². The molecule has 0 aromatic carbocycles. The van der Waals surface area contributed by atoms with Crippen LogP contribution in [0.25, 0.3) is 0 Å². The number of allylic oxidation sites excluding steroid dienone is 4. The molecular weight excluding hydrogens is 353 g/mol. The van der Waals surface area contributed by atoms with Crippen molar-refractivity contribution >= 4 is 9.69 Å². The van der Waals surface area contributed by atoms with Crippen molar-refractivity contribution in [3.63, 3.8) is 0 Å². The molecule has 2 aliphatic rings. The minimum atomic E-state index is 0.935. The normalized spacial score (nSPS) is 36.0. The average molecular weight is 385 g/mol. The monoisotopic (exact) mass is 385 g/mol. The van der Waals surface area contributed by atoms with E-state index in [1.54, 1.807) is 0 Å². The number of rotatable bonds is 0. The predicted molar refractivity (Wildman–Crippen MR) is 88.4 cm³/mol. The van der Waals surface area contributed by atoms with Gasteiger partial charge in [0.15, 0.2) is 0 Å². The molecule has 0 bridgehead atoms. The summed E-state index contributed by atoms with van der Waals surface area (Å²) in [7, 11) is 4.57. The number of halogens is 1. The van der Waals surface area contributed by atoms with Crippen LogP contribution in [-0.2, 0) is 17.3 Å². The third-order valence-electron chi connectivity index (χ3n) is 5.48. The van der Waals surface area contributed by atoms with Crippen LogP contribution in [-0.4, -0.2) is 0 Å². The molecule has 0 amide bonds. The van der Waals surface area contributed by atoms with Crippen molar-refractivity contribution in [1.82, 2.24) is 0 Å². The maximum absolute atomic E-state index is 4.57. The Hall–Kier alpha value is 0.393. The molecule has 0 radical (unpaired) electrons. The molecule has 0 unspecified atom stereocenters. The first-order valence-electron chi connectivity index (χ1n) is 7.99. The second kappa shape index (κ2) is 12.0. The van der Waals surface area contributed by atoms with Crippen LogP contribution in [0.3, 0.4) is 0 Å². The predicted octanol–water partition coefficient (Wildman–Crippen LogP) is 6.54. The fourth-order valence-electron chi connectivity index (χ4n) is 3.25. The van der Waals surface area contributed by atoms with E-state index in [2.05, 4.69) is 68.6 Å². The van der Waals surface area contributed by atoms with Gasteiger partial charge < -0.3 is 0 Å². The van der Waals surface area contributed by atoms with Gasteiger partial charge in [0, 0.05) is 0 Å². The van der Waals surface area contributed by atoms with Gasteiger partial charge in [-0.1, -0.05) is 58.9 Å². The Morgan fingerprint density at radius 2 is 0.700 bits per heavy atom. The summed E-state index contributed by atoms with van der Waals surface area (Å²) in [4.78, 5) is 0. The van der Waals surface area contributed by atoms with Crippen LogP contribution in [0.5, 0.6) is 0 Å². The van der Waals surface area contributed by atoms with Gasteiger partial charge in [0.25, 0.3) is 0 Å². The first-order valence-corrected chi connectivity index (χ1v) is 10.2.